The number of nitrogens with one attached hydrogen (secondary N) is 1. The van der Waals surface area contributed by atoms with Crippen molar-refractivity contribution >= 4 is 29.1 Å². The monoisotopic (exact) mass is 373 g/mol. The van der Waals surface area contributed by atoms with Crippen LogP contribution in [0, 0.1) is 0 Å². The van der Waals surface area contributed by atoms with Crippen LogP contribution >= 0.6 is 11.6 Å². The number of nitrogens with zero attached hydrogens (tertiary/aromatic N) is 2. The van der Waals surface area contributed by atoms with Crippen LogP contribution < -0.4 is 10.1 Å². The van der Waals surface area contributed by atoms with Gasteiger partial charge in [0, 0.05) is 37.4 Å². The number of ether oxygens (including phenoxy) is 1. The molecule has 1 atom stereocenters. The van der Waals surface area contributed by atoms with Crippen LogP contribution in [-0.2, 0) is 4.79 Å². The fraction of sp³-hybridized carbons (Fsp3) is 0.263. The highest BCUT2D eigenvalue weighted by molar-refractivity contribution is 6.31. The molecule has 0 saturated carbocycles. The minimum Gasteiger partial charge on any atom is -0.483 e. The van der Waals surface area contributed by atoms with E-state index in [1.54, 1.807) is 50.3 Å². The molecule has 2 aromatic carbocycles. The van der Waals surface area contributed by atoms with Crippen LogP contribution in [0.25, 0.3) is 0 Å². The highest BCUT2D eigenvalue weighted by Gasteiger charge is 2.32. The van der Waals surface area contributed by atoms with Crippen LogP contribution in [0.5, 0.6) is 5.75 Å². The third-order valence-corrected chi connectivity index (χ3v) is 4.51. The Labute approximate surface area is 157 Å². The maximum absolute atomic E-state index is 12.7. The van der Waals surface area contributed by atoms with E-state index in [9.17, 15) is 9.59 Å². The number of benzene rings is 2. The lowest BCUT2D eigenvalue weighted by molar-refractivity contribution is -0.130. The predicted octanol–water partition coefficient (Wildman–Crippen LogP) is 3.00. The topological polar surface area (TPSA) is 61.9 Å². The van der Waals surface area contributed by atoms with E-state index in [1.807, 2.05) is 18.2 Å². The highest BCUT2D eigenvalue weighted by atomic mass is 35.5. The van der Waals surface area contributed by atoms with Crippen molar-refractivity contribution < 1.29 is 14.3 Å². The van der Waals surface area contributed by atoms with Crippen molar-refractivity contribution in [1.82, 2.24) is 9.80 Å². The molecule has 2 aromatic rings. The molecule has 26 heavy (non-hydrogen) atoms. The minimum absolute atomic E-state index is 0.0689. The molecule has 0 bridgehead atoms. The van der Waals surface area contributed by atoms with E-state index in [-0.39, 0.29) is 18.4 Å². The van der Waals surface area contributed by atoms with Crippen molar-refractivity contribution in [2.24, 2.45) is 0 Å². The van der Waals surface area contributed by atoms with E-state index in [1.165, 1.54) is 4.90 Å². The first-order valence-electron chi connectivity index (χ1n) is 8.13. The van der Waals surface area contributed by atoms with Gasteiger partial charge in [0.25, 0.3) is 11.8 Å². The number of carbonyl (C=O) groups excluding carboxylic acids is 2. The second-order valence-corrected chi connectivity index (χ2v) is 6.70. The summed E-state index contributed by atoms with van der Waals surface area (Å²) in [6.45, 7) is -0.0689. The third-order valence-electron chi connectivity index (χ3n) is 4.28. The zero-order chi connectivity index (χ0) is 18.8. The first-order chi connectivity index (χ1) is 12.4. The fourth-order valence-electron chi connectivity index (χ4n) is 2.76. The van der Waals surface area contributed by atoms with Gasteiger partial charge in [-0.3, -0.25) is 9.59 Å². The lowest BCUT2D eigenvalue weighted by Gasteiger charge is -2.36. The Balaban J connectivity index is 1.91. The Kier molecular flexibility index (Phi) is 5.04. The summed E-state index contributed by atoms with van der Waals surface area (Å²) < 4.78 is 5.71. The first-order valence-corrected chi connectivity index (χ1v) is 8.51. The van der Waals surface area contributed by atoms with Gasteiger partial charge in [-0.2, -0.15) is 0 Å². The predicted molar refractivity (Wildman–Crippen MR) is 101 cm³/mol. The van der Waals surface area contributed by atoms with Crippen molar-refractivity contribution in [3.63, 3.8) is 0 Å². The van der Waals surface area contributed by atoms with E-state index in [2.05, 4.69) is 5.32 Å². The van der Waals surface area contributed by atoms with Gasteiger partial charge in [0.15, 0.2) is 6.61 Å². The van der Waals surface area contributed by atoms with Crippen LogP contribution in [0.3, 0.4) is 0 Å². The Morgan fingerprint density at radius 2 is 2.00 bits per heavy atom. The first kappa shape index (κ1) is 18.1. The number of hydrogen-bond donors (Lipinski definition) is 1. The number of anilines is 1. The summed E-state index contributed by atoms with van der Waals surface area (Å²) in [5.74, 6) is 0.281. The van der Waals surface area contributed by atoms with Crippen molar-refractivity contribution in [3.05, 3.63) is 58.6 Å². The zero-order valence-corrected chi connectivity index (χ0v) is 15.6. The number of para-hydroxylation sites is 1. The molecule has 7 heteroatoms. The van der Waals surface area contributed by atoms with E-state index >= 15 is 0 Å². The maximum Gasteiger partial charge on any atom is 0.259 e. The van der Waals surface area contributed by atoms with Gasteiger partial charge in [-0.05, 0) is 24.3 Å². The molecule has 1 aliphatic heterocycles. The van der Waals surface area contributed by atoms with Gasteiger partial charge in [-0.25, -0.2) is 0 Å². The van der Waals surface area contributed by atoms with Crippen LogP contribution in [-0.4, -0.2) is 49.4 Å². The normalized spacial score (nSPS) is 15.9. The summed E-state index contributed by atoms with van der Waals surface area (Å²) in [4.78, 5) is 27.6. The van der Waals surface area contributed by atoms with Crippen molar-refractivity contribution in [1.29, 1.82) is 0 Å². The Hall–Kier alpha value is -2.73. The molecule has 6 nitrogen and oxygen atoms in total. The third kappa shape index (κ3) is 3.46. The molecule has 0 aliphatic carbocycles. The number of hydrogen-bond acceptors (Lipinski definition) is 4. The summed E-state index contributed by atoms with van der Waals surface area (Å²) in [5.41, 5.74) is 2.01. The van der Waals surface area contributed by atoms with Crippen LogP contribution in [0.4, 0.5) is 5.69 Å². The van der Waals surface area contributed by atoms with Crippen molar-refractivity contribution in [3.8, 4) is 5.75 Å². The molecular weight excluding hydrogens is 354 g/mol. The molecule has 1 aliphatic rings. The number of fused-ring (bicyclic) bond motifs is 1. The number of halogens is 1. The summed E-state index contributed by atoms with van der Waals surface area (Å²) >= 11 is 6.01. The number of carbonyl (C=O) groups is 2. The van der Waals surface area contributed by atoms with Gasteiger partial charge < -0.3 is 19.9 Å². The Morgan fingerprint density at radius 1 is 1.27 bits per heavy atom. The second-order valence-electron chi connectivity index (χ2n) is 6.27. The summed E-state index contributed by atoms with van der Waals surface area (Å²) in [6, 6.07) is 12.5. The van der Waals surface area contributed by atoms with Gasteiger partial charge >= 0.3 is 0 Å². The largest absolute Gasteiger partial charge is 0.483 e. The Bertz CT molecular complexity index is 854. The number of likely N-dealkylation sites (N-methyl/N-ethyl adjacent to an activating group) is 1. The van der Waals surface area contributed by atoms with Gasteiger partial charge in [-0.15, -0.1) is 0 Å². The lowest BCUT2D eigenvalue weighted by Crippen LogP contribution is -2.40. The van der Waals surface area contributed by atoms with E-state index in [0.29, 0.717) is 22.0 Å². The van der Waals surface area contributed by atoms with Gasteiger partial charge in [0.1, 0.15) is 11.9 Å². The quantitative estimate of drug-likeness (QED) is 0.894. The molecule has 136 valence electrons. The molecule has 1 N–H and O–H groups in total. The molecule has 0 fully saturated rings. The summed E-state index contributed by atoms with van der Waals surface area (Å²) in [5, 5.41) is 3.85. The number of rotatable bonds is 4. The maximum atomic E-state index is 12.7. The van der Waals surface area contributed by atoms with Crippen molar-refractivity contribution in [2.45, 2.75) is 6.17 Å². The molecule has 0 saturated heterocycles. The van der Waals surface area contributed by atoms with Gasteiger partial charge in [-0.1, -0.05) is 29.8 Å². The van der Waals surface area contributed by atoms with Gasteiger partial charge in [0.2, 0.25) is 0 Å². The fourth-order valence-corrected chi connectivity index (χ4v) is 2.94. The summed E-state index contributed by atoms with van der Waals surface area (Å²) in [6.07, 6.45) is -0.415. The van der Waals surface area contributed by atoms with E-state index in [4.69, 9.17) is 16.3 Å². The second kappa shape index (κ2) is 7.25. The average Bonchev–Trinajstić information content (AvgIpc) is 2.63. The molecule has 2 amide bonds. The average molecular weight is 374 g/mol. The van der Waals surface area contributed by atoms with E-state index in [0.717, 1.165) is 5.56 Å². The van der Waals surface area contributed by atoms with Crippen LogP contribution in [0.1, 0.15) is 22.1 Å². The van der Waals surface area contributed by atoms with E-state index < -0.39 is 6.17 Å². The lowest BCUT2D eigenvalue weighted by atomic mass is 10.0. The molecule has 0 aromatic heterocycles. The Morgan fingerprint density at radius 3 is 2.73 bits per heavy atom. The smallest absolute Gasteiger partial charge is 0.259 e. The molecular formula is C19H20ClN3O3. The summed E-state index contributed by atoms with van der Waals surface area (Å²) in [7, 11) is 5.06. The zero-order valence-electron chi connectivity index (χ0n) is 14.8. The molecule has 0 radical (unpaired) electrons. The molecule has 0 unspecified atom stereocenters. The van der Waals surface area contributed by atoms with Crippen molar-refractivity contribution in [2.75, 3.05) is 33.1 Å². The van der Waals surface area contributed by atoms with Gasteiger partial charge in [0.05, 0.1) is 5.56 Å². The highest BCUT2D eigenvalue weighted by Crippen LogP contribution is 2.36. The SMILES string of the molecule is CN(C)C(=O)COc1ccccc1[C@@H]1Nc2ccc(Cl)cc2C(=O)N1C. The van der Waals surface area contributed by atoms with Crippen LogP contribution in [0.2, 0.25) is 5.02 Å². The minimum atomic E-state index is -0.415. The van der Waals surface area contributed by atoms with Crippen LogP contribution in [0.15, 0.2) is 42.5 Å². The molecule has 1 heterocycles. The molecule has 3 rings (SSSR count). The number of amides is 2. The standard InChI is InChI=1S/C19H20ClN3O3/c1-22(2)17(24)11-26-16-7-5-4-6-13(16)18-21-15-9-8-12(20)10-14(15)19(25)23(18)3/h4-10,18,21H,11H2,1-3H3/t18-/m1/s1. The molecule has 0 spiro atoms.